The fraction of sp³-hybridized carbons (Fsp3) is 0.278. The number of methoxy groups -OCH3 is 1. The van der Waals surface area contributed by atoms with Crippen molar-refractivity contribution in [2.75, 3.05) is 27.3 Å². The maximum atomic E-state index is 12.8. The maximum Gasteiger partial charge on any atom is 0.275 e. The first-order valence-electron chi connectivity index (χ1n) is 7.93. The monoisotopic (exact) mass is 340 g/mol. The summed E-state index contributed by atoms with van der Waals surface area (Å²) in [6.45, 7) is 0.748. The van der Waals surface area contributed by atoms with Crippen molar-refractivity contribution in [2.24, 2.45) is 0 Å². The minimum Gasteiger partial charge on any atom is -0.497 e. The number of ether oxygens (including phenoxy) is 1. The topological polar surface area (TPSA) is 80.5 Å². The predicted molar refractivity (Wildman–Crippen MR) is 95.5 cm³/mol. The predicted octanol–water partition coefficient (Wildman–Crippen LogP) is 1.35. The first-order valence-corrected chi connectivity index (χ1v) is 7.93. The lowest BCUT2D eigenvalue weighted by Gasteiger charge is -2.17. The molecule has 0 radical (unpaired) electrons. The fourth-order valence-corrected chi connectivity index (χ4v) is 2.65. The van der Waals surface area contributed by atoms with Gasteiger partial charge in [0.25, 0.3) is 5.56 Å². The number of aliphatic hydroxyl groups is 1. The number of nitrogens with zero attached hydrogens (tertiary/aromatic N) is 4. The fourth-order valence-electron chi connectivity index (χ4n) is 2.65. The summed E-state index contributed by atoms with van der Waals surface area (Å²) in [6, 6.07) is 10.9. The summed E-state index contributed by atoms with van der Waals surface area (Å²) >= 11 is 0. The van der Waals surface area contributed by atoms with Crippen LogP contribution in [0.4, 0.5) is 0 Å². The summed E-state index contributed by atoms with van der Waals surface area (Å²) in [5.41, 5.74) is 1.10. The molecule has 0 fully saturated rings. The number of pyridine rings is 1. The average molecular weight is 340 g/mol. The molecule has 0 bridgehead atoms. The van der Waals surface area contributed by atoms with Gasteiger partial charge in [-0.3, -0.25) is 14.7 Å². The Hall–Kier alpha value is -2.77. The van der Waals surface area contributed by atoms with Crippen molar-refractivity contribution < 1.29 is 9.84 Å². The van der Waals surface area contributed by atoms with Gasteiger partial charge in [-0.25, -0.2) is 4.68 Å². The molecular weight excluding hydrogens is 320 g/mol. The molecule has 2 heterocycles. The van der Waals surface area contributed by atoms with E-state index in [1.807, 2.05) is 30.1 Å². The lowest BCUT2D eigenvalue weighted by Crippen LogP contribution is -2.33. The Morgan fingerprint density at radius 3 is 2.76 bits per heavy atom. The van der Waals surface area contributed by atoms with E-state index in [0.717, 1.165) is 0 Å². The van der Waals surface area contributed by atoms with Crippen LogP contribution >= 0.6 is 0 Å². The molecule has 0 aliphatic carbocycles. The minimum atomic E-state index is -0.192. The van der Waals surface area contributed by atoms with Crippen LogP contribution in [-0.2, 0) is 6.67 Å². The van der Waals surface area contributed by atoms with Crippen LogP contribution in [0.1, 0.15) is 0 Å². The molecule has 0 unspecified atom stereocenters. The van der Waals surface area contributed by atoms with Crippen molar-refractivity contribution in [2.45, 2.75) is 6.67 Å². The van der Waals surface area contributed by atoms with Crippen molar-refractivity contribution >= 4 is 10.8 Å². The van der Waals surface area contributed by atoms with E-state index in [2.05, 4.69) is 10.1 Å². The van der Waals surface area contributed by atoms with Crippen molar-refractivity contribution in [1.29, 1.82) is 0 Å². The molecule has 3 rings (SSSR count). The third-order valence-electron chi connectivity index (χ3n) is 3.93. The largest absolute Gasteiger partial charge is 0.497 e. The summed E-state index contributed by atoms with van der Waals surface area (Å²) in [5, 5.41) is 14.9. The van der Waals surface area contributed by atoms with Crippen LogP contribution in [0.5, 0.6) is 5.75 Å². The number of rotatable bonds is 6. The molecule has 2 aromatic heterocycles. The number of aromatic nitrogens is 3. The van der Waals surface area contributed by atoms with Gasteiger partial charge < -0.3 is 9.84 Å². The van der Waals surface area contributed by atoms with Crippen LogP contribution in [0.2, 0.25) is 0 Å². The zero-order valence-electron chi connectivity index (χ0n) is 14.2. The second-order valence-corrected chi connectivity index (χ2v) is 5.72. The molecule has 0 amide bonds. The van der Waals surface area contributed by atoms with Gasteiger partial charge >= 0.3 is 0 Å². The second kappa shape index (κ2) is 7.42. The number of benzene rings is 1. The Balaban J connectivity index is 2.23. The molecule has 7 nitrogen and oxygen atoms in total. The van der Waals surface area contributed by atoms with Gasteiger partial charge in [-0.2, -0.15) is 5.10 Å². The van der Waals surface area contributed by atoms with Gasteiger partial charge in [0.15, 0.2) is 0 Å². The molecule has 1 aromatic carbocycles. The van der Waals surface area contributed by atoms with E-state index in [0.29, 0.717) is 34.5 Å². The molecule has 0 aliphatic rings. The van der Waals surface area contributed by atoms with Crippen molar-refractivity contribution in [3.05, 3.63) is 52.9 Å². The smallest absolute Gasteiger partial charge is 0.275 e. The van der Waals surface area contributed by atoms with Crippen molar-refractivity contribution in [3.63, 3.8) is 0 Å². The van der Waals surface area contributed by atoms with E-state index in [1.54, 1.807) is 31.5 Å². The molecule has 0 saturated heterocycles. The van der Waals surface area contributed by atoms with E-state index in [4.69, 9.17) is 9.84 Å². The molecule has 7 heteroatoms. The number of hydrogen-bond acceptors (Lipinski definition) is 6. The van der Waals surface area contributed by atoms with Crippen molar-refractivity contribution in [1.82, 2.24) is 19.7 Å². The van der Waals surface area contributed by atoms with Crippen LogP contribution in [0, 0.1) is 0 Å². The van der Waals surface area contributed by atoms with Crippen LogP contribution in [-0.4, -0.2) is 52.1 Å². The molecule has 1 N–H and O–H groups in total. The molecule has 0 spiro atoms. The van der Waals surface area contributed by atoms with Crippen LogP contribution < -0.4 is 10.3 Å². The van der Waals surface area contributed by atoms with E-state index in [9.17, 15) is 4.79 Å². The van der Waals surface area contributed by atoms with Gasteiger partial charge in [-0.15, -0.1) is 0 Å². The van der Waals surface area contributed by atoms with Gasteiger partial charge in [-0.05, 0) is 37.4 Å². The van der Waals surface area contributed by atoms with E-state index >= 15 is 0 Å². The Morgan fingerprint density at radius 2 is 2.08 bits per heavy atom. The molecule has 0 atom stereocenters. The number of aliphatic hydroxyl groups excluding tert-OH is 1. The molecular formula is C18H20N4O3. The van der Waals surface area contributed by atoms with Crippen LogP contribution in [0.15, 0.2) is 47.4 Å². The molecule has 3 aromatic rings. The highest BCUT2D eigenvalue weighted by Gasteiger charge is 2.15. The maximum absolute atomic E-state index is 12.8. The van der Waals surface area contributed by atoms with E-state index in [-0.39, 0.29) is 18.8 Å². The first-order chi connectivity index (χ1) is 12.1. The summed E-state index contributed by atoms with van der Waals surface area (Å²) in [6.07, 6.45) is 1.69. The number of fused-ring (bicyclic) bond motifs is 1. The highest BCUT2D eigenvalue weighted by Crippen LogP contribution is 2.26. The summed E-state index contributed by atoms with van der Waals surface area (Å²) in [5.74, 6) is 0.654. The normalized spacial score (nSPS) is 11.2. The minimum absolute atomic E-state index is 0.0170. The number of hydrogen-bond donors (Lipinski definition) is 1. The SMILES string of the molecule is COc1ccc2c(=O)n(CN(C)CCO)nc(-c3ccccn3)c2c1. The van der Waals surface area contributed by atoms with Crippen LogP contribution in [0.3, 0.4) is 0 Å². The van der Waals surface area contributed by atoms with Crippen molar-refractivity contribution in [3.8, 4) is 17.1 Å². The highest BCUT2D eigenvalue weighted by atomic mass is 16.5. The first kappa shape index (κ1) is 17.1. The third-order valence-corrected chi connectivity index (χ3v) is 3.93. The average Bonchev–Trinajstić information content (AvgIpc) is 2.64. The van der Waals surface area contributed by atoms with Gasteiger partial charge in [0, 0.05) is 18.1 Å². The molecule has 0 aliphatic heterocycles. The second-order valence-electron chi connectivity index (χ2n) is 5.72. The Kier molecular flexibility index (Phi) is 5.06. The Morgan fingerprint density at radius 1 is 1.24 bits per heavy atom. The molecule has 25 heavy (non-hydrogen) atoms. The van der Waals surface area contributed by atoms with Gasteiger partial charge in [0.2, 0.25) is 0 Å². The zero-order chi connectivity index (χ0) is 17.8. The van der Waals surface area contributed by atoms with E-state index in [1.165, 1.54) is 4.68 Å². The summed E-state index contributed by atoms with van der Waals surface area (Å²) < 4.78 is 6.68. The standard InChI is InChI=1S/C18H20N4O3/c1-21(9-10-23)12-22-18(24)14-7-6-13(25-2)11-15(14)17(20-22)16-5-3-4-8-19-16/h3-8,11,23H,9-10,12H2,1-2H3. The highest BCUT2D eigenvalue weighted by molar-refractivity contribution is 5.93. The van der Waals surface area contributed by atoms with Gasteiger partial charge in [0.1, 0.15) is 11.4 Å². The van der Waals surface area contributed by atoms with E-state index < -0.39 is 0 Å². The van der Waals surface area contributed by atoms with Gasteiger partial charge in [0.05, 0.1) is 31.5 Å². The summed E-state index contributed by atoms with van der Waals surface area (Å²) in [4.78, 5) is 19.0. The zero-order valence-corrected chi connectivity index (χ0v) is 14.2. The van der Waals surface area contributed by atoms with Gasteiger partial charge in [-0.1, -0.05) is 6.07 Å². The molecule has 130 valence electrons. The third kappa shape index (κ3) is 3.52. The Labute approximate surface area is 145 Å². The Bertz CT molecular complexity index is 925. The number of likely N-dealkylation sites (N-methyl/N-ethyl adjacent to an activating group) is 1. The lowest BCUT2D eigenvalue weighted by atomic mass is 10.1. The lowest BCUT2D eigenvalue weighted by molar-refractivity contribution is 0.185. The molecule has 0 saturated carbocycles. The summed E-state index contributed by atoms with van der Waals surface area (Å²) in [7, 11) is 3.41. The van der Waals surface area contributed by atoms with Crippen LogP contribution in [0.25, 0.3) is 22.2 Å². The quantitative estimate of drug-likeness (QED) is 0.730.